The Kier molecular flexibility index (Phi) is 4.61. The summed E-state index contributed by atoms with van der Waals surface area (Å²) < 4.78 is 0. The molecule has 0 saturated carbocycles. The van der Waals surface area contributed by atoms with E-state index < -0.39 is 0 Å². The zero-order valence-electron chi connectivity index (χ0n) is 10.2. The molecule has 1 heterocycles. The number of hydrogen-bond acceptors (Lipinski definition) is 2. The maximum absolute atomic E-state index is 5.72. The third kappa shape index (κ3) is 3.89. The average Bonchev–Trinajstić information content (AvgIpc) is 2.40. The van der Waals surface area contributed by atoms with Crippen molar-refractivity contribution in [1.29, 1.82) is 0 Å². The molecule has 1 saturated heterocycles. The Bertz CT molecular complexity index is 388. The van der Waals surface area contributed by atoms with E-state index in [1.807, 2.05) is 30.3 Å². The maximum Gasteiger partial charge on any atom is 0.0605 e. The Balaban J connectivity index is 1.84. The number of rotatable bonds is 2. The molecule has 1 atom stereocenters. The largest absolute Gasteiger partial charge is 0.330 e. The van der Waals surface area contributed by atoms with Gasteiger partial charge in [0.25, 0.3) is 0 Å². The second-order valence-electron chi connectivity index (χ2n) is 4.65. The van der Waals surface area contributed by atoms with Crippen LogP contribution in [0.2, 0.25) is 0 Å². The van der Waals surface area contributed by atoms with Crippen LogP contribution in [0.15, 0.2) is 30.3 Å². The summed E-state index contributed by atoms with van der Waals surface area (Å²) in [6.07, 6.45) is 2.54. The fourth-order valence-corrected chi connectivity index (χ4v) is 2.26. The van der Waals surface area contributed by atoms with Crippen molar-refractivity contribution in [3.8, 4) is 11.8 Å². The molecule has 1 aromatic carbocycles. The number of piperidine rings is 1. The summed E-state index contributed by atoms with van der Waals surface area (Å²) in [6.45, 7) is 3.95. The van der Waals surface area contributed by atoms with Crippen molar-refractivity contribution < 1.29 is 0 Å². The van der Waals surface area contributed by atoms with Crippen LogP contribution in [0.5, 0.6) is 0 Å². The molecule has 0 bridgehead atoms. The minimum atomic E-state index is 0.669. The van der Waals surface area contributed by atoms with Crippen molar-refractivity contribution in [2.24, 2.45) is 11.7 Å². The van der Waals surface area contributed by atoms with Crippen LogP contribution in [-0.2, 0) is 0 Å². The van der Waals surface area contributed by atoms with Crippen molar-refractivity contribution in [1.82, 2.24) is 4.90 Å². The van der Waals surface area contributed by atoms with Gasteiger partial charge in [-0.05, 0) is 44.0 Å². The van der Waals surface area contributed by atoms with Crippen LogP contribution < -0.4 is 5.73 Å². The molecular formula is C15H20N2. The number of nitrogens with zero attached hydrogens (tertiary/aromatic N) is 1. The summed E-state index contributed by atoms with van der Waals surface area (Å²) in [5, 5.41) is 0. The van der Waals surface area contributed by atoms with Crippen LogP contribution in [-0.4, -0.2) is 31.1 Å². The molecule has 1 aliphatic heterocycles. The Hall–Kier alpha value is -1.30. The molecule has 0 spiro atoms. The van der Waals surface area contributed by atoms with Crippen molar-refractivity contribution in [2.45, 2.75) is 12.8 Å². The van der Waals surface area contributed by atoms with Crippen molar-refractivity contribution >= 4 is 0 Å². The third-order valence-corrected chi connectivity index (χ3v) is 3.25. The first kappa shape index (κ1) is 12.2. The molecule has 2 heteroatoms. The lowest BCUT2D eigenvalue weighted by Crippen LogP contribution is -2.38. The topological polar surface area (TPSA) is 29.3 Å². The van der Waals surface area contributed by atoms with E-state index in [0.717, 1.165) is 25.2 Å². The zero-order valence-corrected chi connectivity index (χ0v) is 10.2. The highest BCUT2D eigenvalue weighted by molar-refractivity contribution is 5.33. The third-order valence-electron chi connectivity index (χ3n) is 3.25. The quantitative estimate of drug-likeness (QED) is 0.781. The Morgan fingerprint density at radius 2 is 2.12 bits per heavy atom. The molecule has 0 aliphatic carbocycles. The summed E-state index contributed by atoms with van der Waals surface area (Å²) in [5.74, 6) is 7.12. The van der Waals surface area contributed by atoms with Crippen LogP contribution >= 0.6 is 0 Å². The lowest BCUT2D eigenvalue weighted by molar-refractivity contribution is 0.197. The standard InChI is InChI=1S/C15H20N2/c16-12-15-9-5-11-17(13-15)10-4-8-14-6-2-1-3-7-14/h1-3,6-7,15H,5,9-13,16H2. The van der Waals surface area contributed by atoms with Crippen molar-refractivity contribution in [2.75, 3.05) is 26.2 Å². The minimum Gasteiger partial charge on any atom is -0.330 e. The van der Waals surface area contributed by atoms with E-state index in [-0.39, 0.29) is 0 Å². The summed E-state index contributed by atoms with van der Waals surface area (Å²) >= 11 is 0. The summed E-state index contributed by atoms with van der Waals surface area (Å²) in [5.41, 5.74) is 6.82. The predicted octanol–water partition coefficient (Wildman–Crippen LogP) is 1.71. The van der Waals surface area contributed by atoms with E-state index in [0.29, 0.717) is 5.92 Å². The highest BCUT2D eigenvalue weighted by atomic mass is 15.1. The van der Waals surface area contributed by atoms with Gasteiger partial charge >= 0.3 is 0 Å². The molecular weight excluding hydrogens is 208 g/mol. The molecule has 2 nitrogen and oxygen atoms in total. The van der Waals surface area contributed by atoms with E-state index >= 15 is 0 Å². The first-order valence-corrected chi connectivity index (χ1v) is 6.35. The smallest absolute Gasteiger partial charge is 0.0605 e. The molecule has 2 N–H and O–H groups in total. The molecule has 90 valence electrons. The van der Waals surface area contributed by atoms with Crippen LogP contribution in [0.1, 0.15) is 18.4 Å². The SMILES string of the molecule is NCC1CCCN(CC#Cc2ccccc2)C1. The number of likely N-dealkylation sites (tertiary alicyclic amines) is 1. The molecule has 0 aromatic heterocycles. The second-order valence-corrected chi connectivity index (χ2v) is 4.65. The van der Waals surface area contributed by atoms with E-state index in [4.69, 9.17) is 5.73 Å². The van der Waals surface area contributed by atoms with Crippen LogP contribution in [0.4, 0.5) is 0 Å². The van der Waals surface area contributed by atoms with Crippen LogP contribution in [0.3, 0.4) is 0 Å². The normalized spacial score (nSPS) is 20.6. The number of hydrogen-bond donors (Lipinski definition) is 1. The van der Waals surface area contributed by atoms with E-state index in [2.05, 4.69) is 16.7 Å². The first-order valence-electron chi connectivity index (χ1n) is 6.35. The van der Waals surface area contributed by atoms with Crippen molar-refractivity contribution in [3.63, 3.8) is 0 Å². The van der Waals surface area contributed by atoms with E-state index in [1.54, 1.807) is 0 Å². The first-order chi connectivity index (χ1) is 8.38. The molecule has 1 aliphatic rings. The predicted molar refractivity (Wildman–Crippen MR) is 71.5 cm³/mol. The summed E-state index contributed by atoms with van der Waals surface area (Å²) in [7, 11) is 0. The molecule has 0 radical (unpaired) electrons. The zero-order chi connectivity index (χ0) is 11.9. The van der Waals surface area contributed by atoms with Crippen LogP contribution in [0.25, 0.3) is 0 Å². The summed E-state index contributed by atoms with van der Waals surface area (Å²) in [6, 6.07) is 10.2. The molecule has 17 heavy (non-hydrogen) atoms. The highest BCUT2D eigenvalue weighted by Gasteiger charge is 2.17. The van der Waals surface area contributed by atoms with Crippen molar-refractivity contribution in [3.05, 3.63) is 35.9 Å². The number of benzene rings is 1. The van der Waals surface area contributed by atoms with Gasteiger partial charge in [-0.3, -0.25) is 4.90 Å². The van der Waals surface area contributed by atoms with Gasteiger partial charge in [0.05, 0.1) is 6.54 Å². The average molecular weight is 228 g/mol. The molecule has 1 aromatic rings. The van der Waals surface area contributed by atoms with E-state index in [9.17, 15) is 0 Å². The van der Waals surface area contributed by atoms with Gasteiger partial charge in [-0.15, -0.1) is 0 Å². The Morgan fingerprint density at radius 1 is 1.29 bits per heavy atom. The Labute approximate surface area is 104 Å². The lowest BCUT2D eigenvalue weighted by atomic mass is 9.98. The van der Waals surface area contributed by atoms with Gasteiger partial charge in [0, 0.05) is 12.1 Å². The van der Waals surface area contributed by atoms with Gasteiger partial charge in [-0.2, -0.15) is 0 Å². The summed E-state index contributed by atoms with van der Waals surface area (Å²) in [4.78, 5) is 2.41. The maximum atomic E-state index is 5.72. The van der Waals surface area contributed by atoms with Gasteiger partial charge in [-0.25, -0.2) is 0 Å². The molecule has 2 rings (SSSR count). The highest BCUT2D eigenvalue weighted by Crippen LogP contribution is 2.14. The second kappa shape index (κ2) is 6.44. The van der Waals surface area contributed by atoms with Gasteiger partial charge < -0.3 is 5.73 Å². The Morgan fingerprint density at radius 3 is 2.88 bits per heavy atom. The van der Waals surface area contributed by atoms with Gasteiger partial charge in [-0.1, -0.05) is 30.0 Å². The van der Waals surface area contributed by atoms with Gasteiger partial charge in [0.1, 0.15) is 0 Å². The lowest BCUT2D eigenvalue weighted by Gasteiger charge is -2.30. The van der Waals surface area contributed by atoms with Crippen LogP contribution in [0, 0.1) is 17.8 Å². The minimum absolute atomic E-state index is 0.669. The fourth-order valence-electron chi connectivity index (χ4n) is 2.26. The van der Waals surface area contributed by atoms with Gasteiger partial charge in [0.15, 0.2) is 0 Å². The number of nitrogens with two attached hydrogens (primary N) is 1. The monoisotopic (exact) mass is 228 g/mol. The fraction of sp³-hybridized carbons (Fsp3) is 0.467. The van der Waals surface area contributed by atoms with E-state index in [1.165, 1.54) is 19.4 Å². The molecule has 0 amide bonds. The molecule has 1 fully saturated rings. The van der Waals surface area contributed by atoms with Gasteiger partial charge in [0.2, 0.25) is 0 Å². The molecule has 1 unspecified atom stereocenters.